The highest BCUT2D eigenvalue weighted by Gasteiger charge is 2.36. The number of alkyl halides is 3. The maximum Gasteiger partial charge on any atom is 0.446 e. The minimum absolute atomic E-state index is 0.0996. The van der Waals surface area contributed by atoms with E-state index in [0.717, 1.165) is 35.5 Å². The lowest BCUT2D eigenvalue weighted by molar-refractivity contribution is -0.0328. The lowest BCUT2D eigenvalue weighted by atomic mass is 9.70. The fraction of sp³-hybridized carbons (Fsp3) is 0.536. The minimum atomic E-state index is -4.30. The molecule has 2 unspecified atom stereocenters. The van der Waals surface area contributed by atoms with Gasteiger partial charge in [0.25, 0.3) is 0 Å². The highest BCUT2D eigenvalue weighted by Crippen LogP contribution is 2.46. The molecule has 5 rings (SSSR count). The number of hydrogen-bond acceptors (Lipinski definition) is 5. The first-order chi connectivity index (χ1) is 17.4. The molecule has 0 bridgehead atoms. The van der Waals surface area contributed by atoms with Crippen LogP contribution in [0.25, 0.3) is 11.0 Å². The van der Waals surface area contributed by atoms with Crippen LogP contribution in [0.15, 0.2) is 47.4 Å². The molecular weight excluding hydrogens is 495 g/mol. The van der Waals surface area contributed by atoms with Crippen molar-refractivity contribution in [3.63, 3.8) is 0 Å². The summed E-state index contributed by atoms with van der Waals surface area (Å²) in [6.45, 7) is 11.4. The fourth-order valence-electron chi connectivity index (χ4n) is 6.60. The monoisotopic (exact) mass is 531 g/mol. The van der Waals surface area contributed by atoms with E-state index in [2.05, 4.69) is 73.6 Å². The van der Waals surface area contributed by atoms with Crippen molar-refractivity contribution in [3.05, 3.63) is 48.0 Å². The number of hydrogen-bond donors (Lipinski definition) is 3. The summed E-state index contributed by atoms with van der Waals surface area (Å²) in [5.74, 6) is 1.66. The molecule has 0 spiro atoms. The van der Waals surface area contributed by atoms with Crippen LogP contribution in [0.1, 0.15) is 71.4 Å². The standard InChI is InChI=1S/C28H36F3N5S/c1-16-12-21(15-27(4,5)14-16)36-24-11-6-19(25-17(2)34-35-18(25)3)13-23(24)33-26(36)32-20-7-9-22(10-8-20)37-28(29,30)31/h6-11,13,16-18,21,25,34-35H,12,14-15H2,1-5H3,(H,32,33)/t16-,17?,18?,21+,25?/m0/s1. The topological polar surface area (TPSA) is 53.9 Å². The zero-order chi connectivity index (χ0) is 26.5. The van der Waals surface area contributed by atoms with Gasteiger partial charge in [0.2, 0.25) is 5.95 Å². The summed E-state index contributed by atoms with van der Waals surface area (Å²) in [5.41, 5.74) is 6.59. The molecule has 2 aromatic carbocycles. The maximum absolute atomic E-state index is 12.8. The fourth-order valence-corrected chi connectivity index (χ4v) is 7.13. The second-order valence-corrected chi connectivity index (χ2v) is 12.8. The first-order valence-electron chi connectivity index (χ1n) is 13.0. The summed E-state index contributed by atoms with van der Waals surface area (Å²) in [7, 11) is 0. The van der Waals surface area contributed by atoms with Crippen LogP contribution in [0.2, 0.25) is 0 Å². The zero-order valence-electron chi connectivity index (χ0n) is 22.0. The Morgan fingerprint density at radius 3 is 2.30 bits per heavy atom. The number of halogens is 3. The van der Waals surface area contributed by atoms with Crippen LogP contribution in [0.3, 0.4) is 0 Å². The Morgan fingerprint density at radius 1 is 1.00 bits per heavy atom. The van der Waals surface area contributed by atoms with Gasteiger partial charge in [-0.25, -0.2) is 4.98 Å². The molecule has 1 aliphatic carbocycles. The first kappa shape index (κ1) is 26.4. The number of hydrazine groups is 1. The molecule has 2 fully saturated rings. The maximum atomic E-state index is 12.8. The van der Waals surface area contributed by atoms with E-state index in [1.807, 2.05) is 0 Å². The van der Waals surface area contributed by atoms with Crippen LogP contribution < -0.4 is 16.2 Å². The van der Waals surface area contributed by atoms with E-state index in [9.17, 15) is 13.2 Å². The summed E-state index contributed by atoms with van der Waals surface area (Å²) in [5, 5.41) is 3.43. The zero-order valence-corrected chi connectivity index (χ0v) is 22.8. The third kappa shape index (κ3) is 5.78. The minimum Gasteiger partial charge on any atom is -0.326 e. The van der Waals surface area contributed by atoms with Crippen LogP contribution in [-0.2, 0) is 0 Å². The van der Waals surface area contributed by atoms with E-state index in [4.69, 9.17) is 4.98 Å². The van der Waals surface area contributed by atoms with Gasteiger partial charge in [0.05, 0.1) is 11.0 Å². The predicted molar refractivity (Wildman–Crippen MR) is 145 cm³/mol. The van der Waals surface area contributed by atoms with Gasteiger partial charge in [-0.3, -0.25) is 10.9 Å². The number of fused-ring (bicyclic) bond motifs is 1. The van der Waals surface area contributed by atoms with Gasteiger partial charge in [0, 0.05) is 34.6 Å². The molecule has 2 aliphatic rings. The summed E-state index contributed by atoms with van der Waals surface area (Å²) in [4.78, 5) is 5.21. The van der Waals surface area contributed by atoms with Gasteiger partial charge in [0.15, 0.2) is 0 Å². The van der Waals surface area contributed by atoms with E-state index < -0.39 is 5.51 Å². The molecule has 2 heterocycles. The Kier molecular flexibility index (Phi) is 7.00. The number of imidazole rings is 1. The van der Waals surface area contributed by atoms with Gasteiger partial charge in [-0.1, -0.05) is 26.8 Å². The average molecular weight is 532 g/mol. The third-order valence-electron chi connectivity index (χ3n) is 7.79. The molecule has 3 N–H and O–H groups in total. The number of benzene rings is 2. The van der Waals surface area contributed by atoms with Crippen molar-refractivity contribution in [1.82, 2.24) is 20.4 Å². The van der Waals surface area contributed by atoms with E-state index >= 15 is 0 Å². The average Bonchev–Trinajstić information content (AvgIpc) is 3.30. The number of aromatic nitrogens is 2. The lowest BCUT2D eigenvalue weighted by Crippen LogP contribution is -2.30. The Morgan fingerprint density at radius 2 is 1.68 bits per heavy atom. The second kappa shape index (κ2) is 9.82. The highest BCUT2D eigenvalue weighted by atomic mass is 32.2. The third-order valence-corrected chi connectivity index (χ3v) is 8.53. The molecule has 0 amide bonds. The summed E-state index contributed by atoms with van der Waals surface area (Å²) < 4.78 is 40.7. The number of thioether (sulfide) groups is 1. The lowest BCUT2D eigenvalue weighted by Gasteiger charge is -2.40. The molecule has 1 saturated heterocycles. The van der Waals surface area contributed by atoms with Crippen LogP contribution in [-0.4, -0.2) is 27.1 Å². The van der Waals surface area contributed by atoms with E-state index in [1.165, 1.54) is 24.1 Å². The van der Waals surface area contributed by atoms with E-state index in [-0.39, 0.29) is 28.1 Å². The molecule has 200 valence electrons. The number of nitrogens with one attached hydrogen (secondary N) is 3. The Bertz CT molecular complexity index is 1240. The van der Waals surface area contributed by atoms with Crippen molar-refractivity contribution in [2.24, 2.45) is 11.3 Å². The first-order valence-corrected chi connectivity index (χ1v) is 13.9. The largest absolute Gasteiger partial charge is 0.446 e. The Balaban J connectivity index is 1.53. The van der Waals surface area contributed by atoms with Crippen LogP contribution >= 0.6 is 11.8 Å². The van der Waals surface area contributed by atoms with Gasteiger partial charge in [-0.2, -0.15) is 13.2 Å². The Labute approximate surface area is 221 Å². The smallest absolute Gasteiger partial charge is 0.326 e. The van der Waals surface area contributed by atoms with Crippen molar-refractivity contribution < 1.29 is 13.2 Å². The molecule has 37 heavy (non-hydrogen) atoms. The molecule has 3 aromatic rings. The summed E-state index contributed by atoms with van der Waals surface area (Å²) >= 11 is -0.0996. The van der Waals surface area contributed by atoms with Gasteiger partial charge >= 0.3 is 5.51 Å². The van der Waals surface area contributed by atoms with Crippen LogP contribution in [0.4, 0.5) is 24.8 Å². The Hall–Kier alpha value is -2.23. The van der Waals surface area contributed by atoms with Gasteiger partial charge in [0.1, 0.15) is 0 Å². The normalized spacial score (nSPS) is 28.1. The van der Waals surface area contributed by atoms with Crippen molar-refractivity contribution in [2.45, 2.75) is 88.3 Å². The van der Waals surface area contributed by atoms with Gasteiger partial charge in [-0.15, -0.1) is 0 Å². The predicted octanol–water partition coefficient (Wildman–Crippen LogP) is 7.75. The van der Waals surface area contributed by atoms with Crippen molar-refractivity contribution in [1.29, 1.82) is 0 Å². The van der Waals surface area contributed by atoms with Gasteiger partial charge < -0.3 is 9.88 Å². The van der Waals surface area contributed by atoms with Crippen molar-refractivity contribution in [2.75, 3.05) is 5.32 Å². The van der Waals surface area contributed by atoms with E-state index in [0.29, 0.717) is 23.9 Å². The quantitative estimate of drug-likeness (QED) is 0.294. The van der Waals surface area contributed by atoms with Crippen molar-refractivity contribution in [3.8, 4) is 0 Å². The molecule has 5 nitrogen and oxygen atoms in total. The molecule has 1 saturated carbocycles. The number of rotatable bonds is 5. The molecular formula is C28H36F3N5S. The summed E-state index contributed by atoms with van der Waals surface area (Å²) in [6.07, 6.45) is 3.31. The second-order valence-electron chi connectivity index (χ2n) is 11.7. The van der Waals surface area contributed by atoms with E-state index in [1.54, 1.807) is 12.1 Å². The molecule has 9 heteroatoms. The highest BCUT2D eigenvalue weighted by molar-refractivity contribution is 8.00. The molecule has 4 atom stereocenters. The van der Waals surface area contributed by atoms with Crippen LogP contribution in [0, 0.1) is 11.3 Å². The molecule has 1 aliphatic heterocycles. The number of nitrogens with zero attached hydrogens (tertiary/aromatic N) is 2. The van der Waals surface area contributed by atoms with Crippen molar-refractivity contribution >= 4 is 34.4 Å². The molecule has 1 aromatic heterocycles. The molecule has 0 radical (unpaired) electrons. The summed E-state index contributed by atoms with van der Waals surface area (Å²) in [6, 6.07) is 13.9. The van der Waals surface area contributed by atoms with Crippen LogP contribution in [0.5, 0.6) is 0 Å². The number of anilines is 2. The SMILES string of the molecule is CC1NNC(C)C1c1ccc2c(c1)nc(Nc1ccc(SC(F)(F)F)cc1)n2[C@@H]1C[C@H](C)CC(C)(C)C1. The van der Waals surface area contributed by atoms with Gasteiger partial charge in [-0.05, 0) is 98.2 Å².